The van der Waals surface area contributed by atoms with Gasteiger partial charge in [-0.3, -0.25) is 4.79 Å². The molecule has 0 spiro atoms. The maximum Gasteiger partial charge on any atom is 0.410 e. The molecule has 1 amide bonds. The topological polar surface area (TPSA) is 105 Å². The highest BCUT2D eigenvalue weighted by Gasteiger charge is 2.33. The highest BCUT2D eigenvalue weighted by atomic mass is 16.6. The number of carboxylic acids is 1. The van der Waals surface area contributed by atoms with E-state index in [4.69, 9.17) is 20.3 Å². The van der Waals surface area contributed by atoms with Crippen LogP contribution in [-0.4, -0.2) is 78.9 Å². The number of amides is 1. The van der Waals surface area contributed by atoms with Crippen molar-refractivity contribution in [3.8, 4) is 5.75 Å². The maximum atomic E-state index is 12.1. The van der Waals surface area contributed by atoms with Crippen molar-refractivity contribution >= 4 is 12.1 Å². The van der Waals surface area contributed by atoms with Crippen LogP contribution in [0.1, 0.15) is 18.4 Å². The monoisotopic (exact) mass is 391 g/mol. The van der Waals surface area contributed by atoms with Crippen LogP contribution in [0.2, 0.25) is 0 Å². The number of carboxylic acid groups (broad SMARTS) is 1. The van der Waals surface area contributed by atoms with E-state index in [1.54, 1.807) is 29.2 Å². The van der Waals surface area contributed by atoms with Crippen molar-refractivity contribution in [2.45, 2.75) is 31.4 Å². The summed E-state index contributed by atoms with van der Waals surface area (Å²) in [7, 11) is 2.13. The number of hydrogen-bond acceptors (Lipinski definition) is 6. The van der Waals surface area contributed by atoms with Crippen LogP contribution in [0.5, 0.6) is 5.75 Å². The molecule has 0 radical (unpaired) electrons. The minimum Gasteiger partial charge on any atom is -0.490 e. The average Bonchev–Trinajstić information content (AvgIpc) is 3.02. The van der Waals surface area contributed by atoms with E-state index in [1.165, 1.54) is 0 Å². The summed E-state index contributed by atoms with van der Waals surface area (Å²) in [4.78, 5) is 27.0. The first-order valence-corrected chi connectivity index (χ1v) is 9.75. The number of carbonyl (C=O) groups excluding carboxylic acids is 1. The summed E-state index contributed by atoms with van der Waals surface area (Å²) in [6.07, 6.45) is 1.95. The second-order valence-corrected chi connectivity index (χ2v) is 7.76. The van der Waals surface area contributed by atoms with Gasteiger partial charge in [0.05, 0.1) is 6.54 Å². The Balaban J connectivity index is 1.42. The highest BCUT2D eigenvalue weighted by Crippen LogP contribution is 2.21. The fraction of sp³-hybridized carbons (Fsp3) is 0.600. The van der Waals surface area contributed by atoms with E-state index in [0.29, 0.717) is 24.8 Å². The molecule has 0 saturated carbocycles. The Labute approximate surface area is 165 Å². The standard InChI is InChI=1S/C20H29N3O5/c1-22-8-6-15(7-9-22)11-23-12-17(28-20(23)26)13-27-16-4-2-14(3-5-16)10-18(21)19(24)25/h2-5,15,17-18H,6-13,21H2,1H3,(H,24,25). The Bertz CT molecular complexity index is 673. The van der Waals surface area contributed by atoms with Gasteiger partial charge in [0.25, 0.3) is 0 Å². The molecule has 0 aromatic heterocycles. The largest absolute Gasteiger partial charge is 0.490 e. The summed E-state index contributed by atoms with van der Waals surface area (Å²) in [5, 5.41) is 8.86. The molecule has 0 bridgehead atoms. The molecule has 0 aliphatic carbocycles. The van der Waals surface area contributed by atoms with E-state index in [0.717, 1.165) is 38.0 Å². The van der Waals surface area contributed by atoms with Crippen LogP contribution in [0, 0.1) is 5.92 Å². The minimum absolute atomic E-state index is 0.259. The van der Waals surface area contributed by atoms with Gasteiger partial charge in [-0.2, -0.15) is 0 Å². The number of benzene rings is 1. The van der Waals surface area contributed by atoms with Gasteiger partial charge in [0.1, 0.15) is 18.4 Å². The molecule has 2 aliphatic rings. The number of nitrogens with two attached hydrogens (primary N) is 1. The second-order valence-electron chi connectivity index (χ2n) is 7.76. The summed E-state index contributed by atoms with van der Waals surface area (Å²) in [6.45, 7) is 3.75. The number of cyclic esters (lactones) is 1. The van der Waals surface area contributed by atoms with Gasteiger partial charge in [-0.25, -0.2) is 4.79 Å². The van der Waals surface area contributed by atoms with Crippen molar-refractivity contribution in [3.05, 3.63) is 29.8 Å². The first-order chi connectivity index (χ1) is 13.4. The zero-order chi connectivity index (χ0) is 20.1. The number of ether oxygens (including phenoxy) is 2. The summed E-state index contributed by atoms with van der Waals surface area (Å²) < 4.78 is 11.2. The van der Waals surface area contributed by atoms with Gasteiger partial charge in [-0.1, -0.05) is 12.1 Å². The molecule has 8 heteroatoms. The van der Waals surface area contributed by atoms with Crippen molar-refractivity contribution < 1.29 is 24.2 Å². The van der Waals surface area contributed by atoms with Crippen LogP contribution in [0.15, 0.2) is 24.3 Å². The van der Waals surface area contributed by atoms with Crippen molar-refractivity contribution in [1.29, 1.82) is 0 Å². The lowest BCUT2D eigenvalue weighted by Gasteiger charge is -2.30. The normalized spacial score (nSPS) is 22.1. The molecule has 2 heterocycles. The quantitative estimate of drug-likeness (QED) is 0.685. The zero-order valence-electron chi connectivity index (χ0n) is 16.3. The van der Waals surface area contributed by atoms with Crippen molar-refractivity contribution in [2.75, 3.05) is 39.8 Å². The van der Waals surface area contributed by atoms with E-state index < -0.39 is 12.0 Å². The van der Waals surface area contributed by atoms with E-state index in [1.807, 2.05) is 0 Å². The lowest BCUT2D eigenvalue weighted by atomic mass is 9.96. The third-order valence-corrected chi connectivity index (χ3v) is 5.40. The van der Waals surface area contributed by atoms with Crippen molar-refractivity contribution in [2.24, 2.45) is 11.7 Å². The molecule has 2 fully saturated rings. The fourth-order valence-corrected chi connectivity index (χ4v) is 3.62. The summed E-state index contributed by atoms with van der Waals surface area (Å²) in [6, 6.07) is 6.23. The molecular weight excluding hydrogens is 362 g/mol. The van der Waals surface area contributed by atoms with E-state index in [9.17, 15) is 9.59 Å². The zero-order valence-corrected chi connectivity index (χ0v) is 16.3. The van der Waals surface area contributed by atoms with Gasteiger partial charge in [0, 0.05) is 6.54 Å². The Kier molecular flexibility index (Phi) is 6.74. The molecule has 2 unspecified atom stereocenters. The second kappa shape index (κ2) is 9.25. The van der Waals surface area contributed by atoms with Crippen molar-refractivity contribution in [1.82, 2.24) is 9.80 Å². The van der Waals surface area contributed by atoms with E-state index >= 15 is 0 Å². The van der Waals surface area contributed by atoms with Gasteiger partial charge >= 0.3 is 12.1 Å². The molecule has 2 saturated heterocycles. The van der Waals surface area contributed by atoms with Crippen molar-refractivity contribution in [3.63, 3.8) is 0 Å². The van der Waals surface area contributed by atoms with E-state index in [-0.39, 0.29) is 18.6 Å². The molecule has 8 nitrogen and oxygen atoms in total. The Hall–Kier alpha value is -2.32. The average molecular weight is 391 g/mol. The van der Waals surface area contributed by atoms with Gasteiger partial charge in [-0.05, 0) is 63.0 Å². The highest BCUT2D eigenvalue weighted by molar-refractivity contribution is 5.73. The Morgan fingerprint density at radius 1 is 1.32 bits per heavy atom. The van der Waals surface area contributed by atoms with Gasteiger partial charge in [0.2, 0.25) is 0 Å². The third-order valence-electron chi connectivity index (χ3n) is 5.40. The van der Waals surface area contributed by atoms with Crippen LogP contribution in [-0.2, 0) is 16.0 Å². The predicted molar refractivity (Wildman–Crippen MR) is 103 cm³/mol. The smallest absolute Gasteiger partial charge is 0.410 e. The SMILES string of the molecule is CN1CCC(CN2CC(COc3ccc(CC(N)C(=O)O)cc3)OC2=O)CC1. The van der Waals surface area contributed by atoms with Gasteiger partial charge in [-0.15, -0.1) is 0 Å². The van der Waals surface area contributed by atoms with Gasteiger partial charge < -0.3 is 30.1 Å². The predicted octanol–water partition coefficient (Wildman–Crippen LogP) is 1.18. The molecule has 2 atom stereocenters. The maximum absolute atomic E-state index is 12.1. The van der Waals surface area contributed by atoms with E-state index in [2.05, 4.69) is 11.9 Å². The first-order valence-electron chi connectivity index (χ1n) is 9.75. The molecule has 1 aromatic rings. The number of likely N-dealkylation sites (tertiary alicyclic amines) is 1. The molecule has 2 aliphatic heterocycles. The number of piperidine rings is 1. The van der Waals surface area contributed by atoms with Crippen LogP contribution in [0.3, 0.4) is 0 Å². The lowest BCUT2D eigenvalue weighted by Crippen LogP contribution is -2.37. The first kappa shape index (κ1) is 20.4. The number of carbonyl (C=O) groups is 2. The van der Waals surface area contributed by atoms with Crippen LogP contribution in [0.4, 0.5) is 4.79 Å². The van der Waals surface area contributed by atoms with Gasteiger partial charge in [0.15, 0.2) is 6.10 Å². The lowest BCUT2D eigenvalue weighted by molar-refractivity contribution is -0.138. The molecule has 3 N–H and O–H groups in total. The summed E-state index contributed by atoms with van der Waals surface area (Å²) >= 11 is 0. The molecule has 1 aromatic carbocycles. The van der Waals surface area contributed by atoms with Crippen LogP contribution in [0.25, 0.3) is 0 Å². The Morgan fingerprint density at radius 2 is 2.00 bits per heavy atom. The molecule has 28 heavy (non-hydrogen) atoms. The Morgan fingerprint density at radius 3 is 2.64 bits per heavy atom. The number of rotatable bonds is 8. The van der Waals surface area contributed by atoms with Crippen LogP contribution >= 0.6 is 0 Å². The minimum atomic E-state index is -1.02. The number of nitrogens with zero attached hydrogens (tertiary/aromatic N) is 2. The number of aliphatic carboxylic acids is 1. The number of hydrogen-bond donors (Lipinski definition) is 2. The third kappa shape index (κ3) is 5.59. The molecule has 3 rings (SSSR count). The molecule has 154 valence electrons. The fourth-order valence-electron chi connectivity index (χ4n) is 3.62. The van der Waals surface area contributed by atoms with Crippen LogP contribution < -0.4 is 10.5 Å². The summed E-state index contributed by atoms with van der Waals surface area (Å²) in [5.41, 5.74) is 6.37. The molecular formula is C20H29N3O5. The summed E-state index contributed by atoms with van der Waals surface area (Å²) in [5.74, 6) is 0.166.